The van der Waals surface area contributed by atoms with Crippen LogP contribution in [0.15, 0.2) is 6.07 Å². The van der Waals surface area contributed by atoms with Gasteiger partial charge in [-0.1, -0.05) is 23.2 Å². The molecule has 0 aliphatic carbocycles. The second-order valence-corrected chi connectivity index (χ2v) is 5.61. The van der Waals surface area contributed by atoms with Gasteiger partial charge in [-0.05, 0) is 12.5 Å². The second kappa shape index (κ2) is 6.27. The molecule has 0 aliphatic heterocycles. The second-order valence-electron chi connectivity index (χ2n) is 3.24. The number of halogens is 2. The highest BCUT2D eigenvalue weighted by Gasteiger charge is 2.06. The van der Waals surface area contributed by atoms with Gasteiger partial charge in [0.2, 0.25) is 0 Å². The number of rotatable bonds is 5. The molecule has 4 nitrogen and oxygen atoms in total. The number of anilines is 2. The van der Waals surface area contributed by atoms with Crippen molar-refractivity contribution in [2.24, 2.45) is 0 Å². The Morgan fingerprint density at radius 3 is 2.81 bits per heavy atom. The van der Waals surface area contributed by atoms with E-state index in [1.807, 2.05) is 0 Å². The summed E-state index contributed by atoms with van der Waals surface area (Å²) in [6, 6.07) is 1.55. The number of aromatic nitrogens is 1. The van der Waals surface area contributed by atoms with Gasteiger partial charge in [0, 0.05) is 29.4 Å². The molecule has 1 unspecified atom stereocenters. The minimum Gasteiger partial charge on any atom is -0.382 e. The Kier molecular flexibility index (Phi) is 5.31. The van der Waals surface area contributed by atoms with E-state index in [1.54, 1.807) is 12.3 Å². The van der Waals surface area contributed by atoms with Crippen molar-refractivity contribution >= 4 is 45.6 Å². The van der Waals surface area contributed by atoms with Gasteiger partial charge in [0.1, 0.15) is 11.6 Å². The molecule has 0 aliphatic rings. The van der Waals surface area contributed by atoms with Gasteiger partial charge in [-0.2, -0.15) is 0 Å². The van der Waals surface area contributed by atoms with E-state index in [0.29, 0.717) is 28.2 Å². The van der Waals surface area contributed by atoms with E-state index in [2.05, 4.69) is 10.3 Å². The lowest BCUT2D eigenvalue weighted by Gasteiger charge is -2.08. The monoisotopic (exact) mass is 281 g/mol. The summed E-state index contributed by atoms with van der Waals surface area (Å²) >= 11 is 11.7. The minimum absolute atomic E-state index is 0.243. The lowest BCUT2D eigenvalue weighted by Crippen LogP contribution is -2.08. The molecule has 1 aromatic rings. The topological polar surface area (TPSA) is 68.0 Å². The normalized spacial score (nSPS) is 12.4. The SMILES string of the molecule is CS(=O)CCCNc1nc(N)c(Cl)cc1Cl. The summed E-state index contributed by atoms with van der Waals surface area (Å²) in [6.07, 6.45) is 2.45. The van der Waals surface area contributed by atoms with Gasteiger partial charge in [0.25, 0.3) is 0 Å². The third kappa shape index (κ3) is 4.15. The van der Waals surface area contributed by atoms with E-state index >= 15 is 0 Å². The highest BCUT2D eigenvalue weighted by atomic mass is 35.5. The number of hydrogen-bond acceptors (Lipinski definition) is 4. The van der Waals surface area contributed by atoms with Crippen molar-refractivity contribution in [2.45, 2.75) is 6.42 Å². The van der Waals surface area contributed by atoms with Gasteiger partial charge in [-0.25, -0.2) is 4.98 Å². The van der Waals surface area contributed by atoms with Crippen LogP contribution in [0.3, 0.4) is 0 Å². The summed E-state index contributed by atoms with van der Waals surface area (Å²) < 4.78 is 10.8. The van der Waals surface area contributed by atoms with E-state index < -0.39 is 10.8 Å². The maximum atomic E-state index is 10.8. The van der Waals surface area contributed by atoms with Crippen molar-refractivity contribution in [3.8, 4) is 0 Å². The van der Waals surface area contributed by atoms with Crippen LogP contribution >= 0.6 is 23.2 Å². The first-order valence-electron chi connectivity index (χ1n) is 4.66. The standard InChI is InChI=1S/C9H13Cl2N3OS/c1-16(15)4-2-3-13-9-7(11)5-6(10)8(12)14-9/h5H,2-4H2,1H3,(H3,12,13,14). The fraction of sp³-hybridized carbons (Fsp3) is 0.444. The van der Waals surface area contributed by atoms with E-state index in [9.17, 15) is 4.21 Å². The van der Waals surface area contributed by atoms with Crippen LogP contribution in [0.5, 0.6) is 0 Å². The van der Waals surface area contributed by atoms with Crippen LogP contribution < -0.4 is 11.1 Å². The fourth-order valence-corrected chi connectivity index (χ4v) is 2.06. The lowest BCUT2D eigenvalue weighted by molar-refractivity contribution is 0.685. The molecular weight excluding hydrogens is 269 g/mol. The quantitative estimate of drug-likeness (QED) is 0.812. The molecule has 0 radical (unpaired) electrons. The maximum Gasteiger partial charge on any atom is 0.147 e. The number of nitrogens with two attached hydrogens (primary N) is 1. The molecule has 0 aromatic carbocycles. The van der Waals surface area contributed by atoms with Crippen molar-refractivity contribution < 1.29 is 4.21 Å². The summed E-state index contributed by atoms with van der Waals surface area (Å²) in [7, 11) is -0.776. The number of nitrogen functional groups attached to an aromatic ring is 1. The molecule has 1 atom stereocenters. The summed E-state index contributed by atoms with van der Waals surface area (Å²) in [4.78, 5) is 4.02. The predicted octanol–water partition coefficient (Wildman–Crippen LogP) is 2.15. The van der Waals surface area contributed by atoms with E-state index in [0.717, 1.165) is 6.42 Å². The zero-order chi connectivity index (χ0) is 12.1. The third-order valence-electron chi connectivity index (χ3n) is 1.86. The Hall–Kier alpha value is -0.520. The van der Waals surface area contributed by atoms with Crippen molar-refractivity contribution in [1.29, 1.82) is 0 Å². The first-order valence-corrected chi connectivity index (χ1v) is 7.14. The zero-order valence-corrected chi connectivity index (χ0v) is 11.1. The summed E-state index contributed by atoms with van der Waals surface area (Å²) in [5.41, 5.74) is 5.55. The van der Waals surface area contributed by atoms with E-state index in [-0.39, 0.29) is 5.82 Å². The van der Waals surface area contributed by atoms with Crippen LogP contribution in [0.2, 0.25) is 10.0 Å². The van der Waals surface area contributed by atoms with Gasteiger partial charge in [-0.3, -0.25) is 4.21 Å². The Morgan fingerprint density at radius 2 is 2.19 bits per heavy atom. The summed E-state index contributed by atoms with van der Waals surface area (Å²) in [6.45, 7) is 0.646. The van der Waals surface area contributed by atoms with Crippen LogP contribution in [0.4, 0.5) is 11.6 Å². The predicted molar refractivity (Wildman–Crippen MR) is 70.7 cm³/mol. The minimum atomic E-state index is -0.776. The first kappa shape index (κ1) is 13.5. The number of hydrogen-bond donors (Lipinski definition) is 2. The Bertz CT molecular complexity index is 401. The highest BCUT2D eigenvalue weighted by Crippen LogP contribution is 2.27. The van der Waals surface area contributed by atoms with Gasteiger partial charge < -0.3 is 11.1 Å². The van der Waals surface area contributed by atoms with Gasteiger partial charge in [-0.15, -0.1) is 0 Å². The fourth-order valence-electron chi connectivity index (χ4n) is 1.09. The average Bonchev–Trinajstić information content (AvgIpc) is 2.19. The van der Waals surface area contributed by atoms with Crippen molar-refractivity contribution in [2.75, 3.05) is 29.6 Å². The smallest absolute Gasteiger partial charge is 0.147 e. The van der Waals surface area contributed by atoms with Gasteiger partial charge >= 0.3 is 0 Å². The molecule has 16 heavy (non-hydrogen) atoms. The molecule has 1 aromatic heterocycles. The molecule has 0 bridgehead atoms. The molecule has 3 N–H and O–H groups in total. The largest absolute Gasteiger partial charge is 0.382 e. The molecule has 1 heterocycles. The van der Waals surface area contributed by atoms with Crippen LogP contribution in [0.1, 0.15) is 6.42 Å². The highest BCUT2D eigenvalue weighted by molar-refractivity contribution is 7.84. The Morgan fingerprint density at radius 1 is 1.50 bits per heavy atom. The molecule has 0 spiro atoms. The zero-order valence-electron chi connectivity index (χ0n) is 8.80. The van der Waals surface area contributed by atoms with Crippen LogP contribution in [0.25, 0.3) is 0 Å². The van der Waals surface area contributed by atoms with E-state index in [4.69, 9.17) is 28.9 Å². The third-order valence-corrected chi connectivity index (χ3v) is 3.31. The Labute approximate surface area is 107 Å². The number of nitrogens with one attached hydrogen (secondary N) is 1. The molecule has 7 heteroatoms. The molecule has 0 amide bonds. The van der Waals surface area contributed by atoms with Crippen LogP contribution in [0, 0.1) is 0 Å². The van der Waals surface area contributed by atoms with Crippen molar-refractivity contribution in [1.82, 2.24) is 4.98 Å². The maximum absolute atomic E-state index is 10.8. The molecule has 0 saturated carbocycles. The molecular formula is C9H13Cl2N3OS. The molecule has 0 fully saturated rings. The van der Waals surface area contributed by atoms with Gasteiger partial charge in [0.05, 0.1) is 10.0 Å². The van der Waals surface area contributed by atoms with Gasteiger partial charge in [0.15, 0.2) is 0 Å². The molecule has 90 valence electrons. The summed E-state index contributed by atoms with van der Waals surface area (Å²) in [5.74, 6) is 1.39. The lowest BCUT2D eigenvalue weighted by atomic mass is 10.4. The number of pyridine rings is 1. The van der Waals surface area contributed by atoms with Crippen LogP contribution in [-0.4, -0.2) is 27.7 Å². The van der Waals surface area contributed by atoms with Crippen molar-refractivity contribution in [3.05, 3.63) is 16.1 Å². The Balaban J connectivity index is 2.54. The average molecular weight is 282 g/mol. The summed E-state index contributed by atoms with van der Waals surface area (Å²) in [5, 5.41) is 3.79. The van der Waals surface area contributed by atoms with E-state index in [1.165, 1.54) is 0 Å². The van der Waals surface area contributed by atoms with Crippen molar-refractivity contribution in [3.63, 3.8) is 0 Å². The molecule has 1 rings (SSSR count). The van der Waals surface area contributed by atoms with Crippen LogP contribution in [-0.2, 0) is 10.8 Å². The first-order chi connectivity index (χ1) is 7.50. The molecule has 0 saturated heterocycles. The number of nitrogens with zero attached hydrogens (tertiary/aromatic N) is 1.